The molecule has 6 nitrogen and oxygen atoms in total. The van der Waals surface area contributed by atoms with E-state index in [1.807, 2.05) is 45.2 Å². The molecule has 1 aliphatic carbocycles. The van der Waals surface area contributed by atoms with Crippen LogP contribution in [0, 0.1) is 5.92 Å². The zero-order chi connectivity index (χ0) is 17.1. The normalized spacial score (nSPS) is 16.6. The van der Waals surface area contributed by atoms with E-state index in [-0.39, 0.29) is 11.9 Å². The fraction of sp³-hybridized carbons (Fsp3) is 0.500. The molecular formula is C18H24N4O2. The van der Waals surface area contributed by atoms with Gasteiger partial charge in [-0.3, -0.25) is 4.79 Å². The van der Waals surface area contributed by atoms with Gasteiger partial charge in [-0.05, 0) is 50.3 Å². The maximum Gasteiger partial charge on any atom is 0.251 e. The van der Waals surface area contributed by atoms with E-state index < -0.39 is 6.10 Å². The van der Waals surface area contributed by atoms with E-state index >= 15 is 0 Å². The maximum absolute atomic E-state index is 12.5. The number of hydrogen-bond acceptors (Lipinski definition) is 4. The smallest absolute Gasteiger partial charge is 0.251 e. The second kappa shape index (κ2) is 7.13. The molecule has 3 rings (SSSR count). The van der Waals surface area contributed by atoms with E-state index in [1.54, 1.807) is 15.9 Å². The van der Waals surface area contributed by atoms with Gasteiger partial charge in [-0.15, -0.1) is 0 Å². The third-order valence-electron chi connectivity index (χ3n) is 4.61. The maximum atomic E-state index is 12.5. The number of ether oxygens (including phenoxy) is 1. The molecule has 1 amide bonds. The summed E-state index contributed by atoms with van der Waals surface area (Å²) in [4.78, 5) is 18.2. The summed E-state index contributed by atoms with van der Waals surface area (Å²) in [6.07, 6.45) is 5.22. The van der Waals surface area contributed by atoms with Crippen LogP contribution in [0.2, 0.25) is 0 Å². The molecule has 1 saturated carbocycles. The van der Waals surface area contributed by atoms with Crippen molar-refractivity contribution in [2.45, 2.75) is 38.8 Å². The molecule has 128 valence electrons. The molecular weight excluding hydrogens is 304 g/mol. The highest BCUT2D eigenvalue weighted by Crippen LogP contribution is 2.29. The van der Waals surface area contributed by atoms with Gasteiger partial charge in [0.2, 0.25) is 0 Å². The molecule has 0 bridgehead atoms. The minimum atomic E-state index is -0.396. The number of likely N-dealkylation sites (N-methyl/N-ethyl adjacent to an activating group) is 1. The summed E-state index contributed by atoms with van der Waals surface area (Å²) in [5, 5.41) is 4.11. The highest BCUT2D eigenvalue weighted by atomic mass is 16.5. The van der Waals surface area contributed by atoms with Crippen molar-refractivity contribution in [2.24, 2.45) is 5.92 Å². The summed E-state index contributed by atoms with van der Waals surface area (Å²) in [7, 11) is 1.83. The SMILES string of the molecule is C[C@H](OCC1CC1)C(=O)N(C)[C@H](C)c1ccc(-n2cncn2)cc1. The van der Waals surface area contributed by atoms with Crippen LogP contribution >= 0.6 is 0 Å². The van der Waals surface area contributed by atoms with Crippen LogP contribution in [0.5, 0.6) is 0 Å². The van der Waals surface area contributed by atoms with Gasteiger partial charge < -0.3 is 9.64 Å². The fourth-order valence-electron chi connectivity index (χ4n) is 2.58. The predicted octanol–water partition coefficient (Wildman–Crippen LogP) is 2.60. The highest BCUT2D eigenvalue weighted by Gasteiger charge is 2.27. The first-order valence-corrected chi connectivity index (χ1v) is 8.39. The van der Waals surface area contributed by atoms with Crippen molar-refractivity contribution in [1.82, 2.24) is 19.7 Å². The second-order valence-electron chi connectivity index (χ2n) is 6.48. The molecule has 0 unspecified atom stereocenters. The van der Waals surface area contributed by atoms with Crippen LogP contribution in [0.15, 0.2) is 36.9 Å². The Kier molecular flexibility index (Phi) is 4.94. The summed E-state index contributed by atoms with van der Waals surface area (Å²) < 4.78 is 7.40. The van der Waals surface area contributed by atoms with E-state index in [2.05, 4.69) is 10.1 Å². The zero-order valence-electron chi connectivity index (χ0n) is 14.4. The first-order chi connectivity index (χ1) is 11.6. The monoisotopic (exact) mass is 328 g/mol. The van der Waals surface area contributed by atoms with Gasteiger partial charge in [0, 0.05) is 7.05 Å². The number of amides is 1. The molecule has 1 fully saturated rings. The molecule has 0 saturated heterocycles. The number of rotatable bonds is 7. The van der Waals surface area contributed by atoms with Crippen molar-refractivity contribution in [3.05, 3.63) is 42.5 Å². The summed E-state index contributed by atoms with van der Waals surface area (Å²) in [5.74, 6) is 0.677. The molecule has 0 N–H and O–H groups in total. The van der Waals surface area contributed by atoms with Crippen LogP contribution in [0.3, 0.4) is 0 Å². The molecule has 0 radical (unpaired) electrons. The van der Waals surface area contributed by atoms with Gasteiger partial charge in [0.05, 0.1) is 18.3 Å². The minimum Gasteiger partial charge on any atom is -0.368 e. The summed E-state index contributed by atoms with van der Waals surface area (Å²) in [6.45, 7) is 4.56. The van der Waals surface area contributed by atoms with Crippen LogP contribution in [0.25, 0.3) is 5.69 Å². The van der Waals surface area contributed by atoms with Gasteiger partial charge in [-0.25, -0.2) is 9.67 Å². The molecule has 1 heterocycles. The van der Waals surface area contributed by atoms with E-state index in [0.29, 0.717) is 12.5 Å². The van der Waals surface area contributed by atoms with Gasteiger partial charge in [-0.2, -0.15) is 5.10 Å². The Labute approximate surface area is 142 Å². The Hall–Kier alpha value is -2.21. The van der Waals surface area contributed by atoms with Gasteiger partial charge in [0.25, 0.3) is 5.91 Å². The van der Waals surface area contributed by atoms with E-state index in [4.69, 9.17) is 4.74 Å². The van der Waals surface area contributed by atoms with Crippen LogP contribution in [-0.2, 0) is 9.53 Å². The Bertz CT molecular complexity index is 665. The lowest BCUT2D eigenvalue weighted by Crippen LogP contribution is -2.38. The van der Waals surface area contributed by atoms with Crippen molar-refractivity contribution in [1.29, 1.82) is 0 Å². The van der Waals surface area contributed by atoms with E-state index in [0.717, 1.165) is 11.3 Å². The van der Waals surface area contributed by atoms with Crippen molar-refractivity contribution >= 4 is 5.91 Å². The lowest BCUT2D eigenvalue weighted by atomic mass is 10.1. The quantitative estimate of drug-likeness (QED) is 0.784. The van der Waals surface area contributed by atoms with Crippen LogP contribution in [-0.4, -0.2) is 45.3 Å². The minimum absolute atomic E-state index is 0.0171. The topological polar surface area (TPSA) is 60.2 Å². The average Bonchev–Trinajstić information content (AvgIpc) is 3.29. The number of benzene rings is 1. The number of carbonyl (C=O) groups is 1. The van der Waals surface area contributed by atoms with E-state index in [1.165, 1.54) is 19.2 Å². The first-order valence-electron chi connectivity index (χ1n) is 8.39. The summed E-state index contributed by atoms with van der Waals surface area (Å²) in [6, 6.07) is 7.97. The summed E-state index contributed by atoms with van der Waals surface area (Å²) in [5.41, 5.74) is 2.02. The molecule has 2 aromatic rings. The molecule has 24 heavy (non-hydrogen) atoms. The van der Waals surface area contributed by atoms with Gasteiger partial charge in [-0.1, -0.05) is 12.1 Å². The average molecular weight is 328 g/mol. The van der Waals surface area contributed by atoms with Crippen molar-refractivity contribution in [2.75, 3.05) is 13.7 Å². The lowest BCUT2D eigenvalue weighted by molar-refractivity contribution is -0.143. The van der Waals surface area contributed by atoms with Gasteiger partial charge in [0.15, 0.2) is 0 Å². The third kappa shape index (κ3) is 3.82. The van der Waals surface area contributed by atoms with Crippen molar-refractivity contribution < 1.29 is 9.53 Å². The second-order valence-corrected chi connectivity index (χ2v) is 6.48. The third-order valence-corrected chi connectivity index (χ3v) is 4.61. The fourth-order valence-corrected chi connectivity index (χ4v) is 2.58. The predicted molar refractivity (Wildman–Crippen MR) is 90.7 cm³/mol. The summed E-state index contributed by atoms with van der Waals surface area (Å²) >= 11 is 0. The largest absolute Gasteiger partial charge is 0.368 e. The Morgan fingerprint density at radius 3 is 2.62 bits per heavy atom. The zero-order valence-corrected chi connectivity index (χ0v) is 14.4. The number of hydrogen-bond donors (Lipinski definition) is 0. The highest BCUT2D eigenvalue weighted by molar-refractivity contribution is 5.80. The Balaban J connectivity index is 1.61. The first kappa shape index (κ1) is 16.6. The van der Waals surface area contributed by atoms with E-state index in [9.17, 15) is 4.79 Å². The Morgan fingerprint density at radius 2 is 2.04 bits per heavy atom. The van der Waals surface area contributed by atoms with Gasteiger partial charge >= 0.3 is 0 Å². The Morgan fingerprint density at radius 1 is 1.33 bits per heavy atom. The van der Waals surface area contributed by atoms with Crippen LogP contribution in [0.4, 0.5) is 0 Å². The molecule has 1 aliphatic rings. The standard InChI is InChI=1S/C18H24N4O2/c1-13(21(3)18(23)14(2)24-10-15-4-5-15)16-6-8-17(9-7-16)22-12-19-11-20-22/h6-9,11-15H,4-5,10H2,1-3H3/t13-,14+/m1/s1. The molecule has 1 aromatic carbocycles. The molecule has 0 aliphatic heterocycles. The molecule has 6 heteroatoms. The van der Waals surface area contributed by atoms with Crippen LogP contribution < -0.4 is 0 Å². The molecule has 2 atom stereocenters. The van der Waals surface area contributed by atoms with Crippen molar-refractivity contribution in [3.63, 3.8) is 0 Å². The van der Waals surface area contributed by atoms with Crippen LogP contribution in [0.1, 0.15) is 38.3 Å². The number of nitrogens with zero attached hydrogens (tertiary/aromatic N) is 4. The molecule has 0 spiro atoms. The lowest BCUT2D eigenvalue weighted by Gasteiger charge is -2.28. The number of carbonyl (C=O) groups excluding carboxylic acids is 1. The van der Waals surface area contributed by atoms with Gasteiger partial charge in [0.1, 0.15) is 18.8 Å². The van der Waals surface area contributed by atoms with Crippen molar-refractivity contribution in [3.8, 4) is 5.69 Å². The molecule has 1 aromatic heterocycles. The number of aromatic nitrogens is 3.